The normalized spacial score (nSPS) is 12.9. The number of nitrogens with one attached hydrogen (secondary N) is 1. The summed E-state index contributed by atoms with van der Waals surface area (Å²) in [7, 11) is 0. The van der Waals surface area contributed by atoms with Crippen LogP contribution >= 0.6 is 50.2 Å². The zero-order valence-corrected chi connectivity index (χ0v) is 12.8. The minimum Gasteiger partial charge on any atom is -0.387 e. The van der Waals surface area contributed by atoms with Crippen molar-refractivity contribution in [1.29, 1.82) is 0 Å². The third-order valence-electron chi connectivity index (χ3n) is 2.26. The van der Waals surface area contributed by atoms with E-state index in [-0.39, 0.29) is 0 Å². The molecule has 0 bridgehead atoms. The van der Waals surface area contributed by atoms with E-state index in [2.05, 4.69) is 21.2 Å². The van der Waals surface area contributed by atoms with Crippen molar-refractivity contribution in [1.82, 2.24) is 5.32 Å². The molecule has 0 radical (unpaired) electrons. The average Bonchev–Trinajstić information content (AvgIpc) is 2.90. The minimum atomic E-state index is -0.444. The summed E-state index contributed by atoms with van der Waals surface area (Å²) < 4.78 is 1.69. The molecule has 2 nitrogen and oxygen atoms in total. The third kappa shape index (κ3) is 3.77. The van der Waals surface area contributed by atoms with Crippen molar-refractivity contribution in [2.24, 2.45) is 0 Å². The summed E-state index contributed by atoms with van der Waals surface area (Å²) in [6, 6.07) is 3.94. The zero-order chi connectivity index (χ0) is 12.3. The molecule has 0 aromatic carbocycles. The number of hydrogen-bond acceptors (Lipinski definition) is 4. The van der Waals surface area contributed by atoms with E-state index < -0.39 is 6.10 Å². The van der Waals surface area contributed by atoms with Crippen molar-refractivity contribution in [3.05, 3.63) is 42.1 Å². The molecule has 6 heteroatoms. The number of rotatable bonds is 5. The highest BCUT2D eigenvalue weighted by atomic mass is 79.9. The van der Waals surface area contributed by atoms with Crippen molar-refractivity contribution in [2.75, 3.05) is 6.54 Å². The molecular weight excluding hydrogens is 342 g/mol. The van der Waals surface area contributed by atoms with E-state index in [1.807, 2.05) is 22.9 Å². The maximum Gasteiger partial charge on any atom is 0.107 e. The van der Waals surface area contributed by atoms with Gasteiger partial charge in [-0.2, -0.15) is 11.3 Å². The van der Waals surface area contributed by atoms with Crippen molar-refractivity contribution >= 4 is 50.2 Å². The first-order chi connectivity index (χ1) is 8.16. The highest BCUT2D eigenvalue weighted by Crippen LogP contribution is 2.31. The van der Waals surface area contributed by atoms with Crippen LogP contribution in [-0.2, 0) is 6.54 Å². The second kappa shape index (κ2) is 6.31. The molecule has 1 atom stereocenters. The summed E-state index contributed by atoms with van der Waals surface area (Å²) in [6.07, 6.45) is -0.444. The Hall–Kier alpha value is 0.0900. The van der Waals surface area contributed by atoms with Crippen molar-refractivity contribution in [3.63, 3.8) is 0 Å². The SMILES string of the molecule is OC(CNCc1cc(Br)c(Cl)s1)c1ccsc1. The van der Waals surface area contributed by atoms with Gasteiger partial charge in [0.05, 0.1) is 6.10 Å². The predicted molar refractivity (Wildman–Crippen MR) is 78.0 cm³/mol. The van der Waals surface area contributed by atoms with E-state index in [1.54, 1.807) is 11.3 Å². The number of aliphatic hydroxyl groups excluding tert-OH is 1. The lowest BCUT2D eigenvalue weighted by atomic mass is 10.2. The minimum absolute atomic E-state index is 0.444. The van der Waals surface area contributed by atoms with Gasteiger partial charge in [0, 0.05) is 22.4 Å². The summed E-state index contributed by atoms with van der Waals surface area (Å²) in [5, 5.41) is 17.0. The van der Waals surface area contributed by atoms with Crippen LogP contribution in [0.4, 0.5) is 0 Å². The first-order valence-corrected chi connectivity index (χ1v) is 7.94. The molecule has 0 amide bonds. The molecule has 2 heterocycles. The fourth-order valence-electron chi connectivity index (χ4n) is 1.39. The molecule has 0 aliphatic rings. The van der Waals surface area contributed by atoms with Gasteiger partial charge in [-0.1, -0.05) is 11.6 Å². The molecule has 1 unspecified atom stereocenters. The van der Waals surface area contributed by atoms with Crippen LogP contribution in [-0.4, -0.2) is 11.7 Å². The Morgan fingerprint density at radius 2 is 2.35 bits per heavy atom. The zero-order valence-electron chi connectivity index (χ0n) is 8.82. The van der Waals surface area contributed by atoms with Crippen molar-refractivity contribution in [2.45, 2.75) is 12.6 Å². The number of thiophene rings is 2. The van der Waals surface area contributed by atoms with Gasteiger partial charge in [-0.3, -0.25) is 0 Å². The predicted octanol–water partition coefficient (Wildman–Crippen LogP) is 4.05. The van der Waals surface area contributed by atoms with Gasteiger partial charge in [0.15, 0.2) is 0 Å². The van der Waals surface area contributed by atoms with E-state index in [9.17, 15) is 5.11 Å². The Balaban J connectivity index is 1.80. The van der Waals surface area contributed by atoms with Crippen LogP contribution in [0.1, 0.15) is 16.5 Å². The molecule has 0 spiro atoms. The Morgan fingerprint density at radius 3 is 2.94 bits per heavy atom. The van der Waals surface area contributed by atoms with Crippen LogP contribution in [0.15, 0.2) is 27.4 Å². The van der Waals surface area contributed by atoms with Gasteiger partial charge in [0.1, 0.15) is 4.34 Å². The maximum atomic E-state index is 9.86. The summed E-state index contributed by atoms with van der Waals surface area (Å²) in [4.78, 5) is 1.15. The molecule has 2 aromatic heterocycles. The van der Waals surface area contributed by atoms with Gasteiger partial charge >= 0.3 is 0 Å². The van der Waals surface area contributed by atoms with Crippen molar-refractivity contribution in [3.8, 4) is 0 Å². The number of hydrogen-bond donors (Lipinski definition) is 2. The van der Waals surface area contributed by atoms with E-state index in [0.717, 1.165) is 25.8 Å². The van der Waals surface area contributed by atoms with Gasteiger partial charge in [-0.15, -0.1) is 11.3 Å². The molecule has 0 saturated heterocycles. The van der Waals surface area contributed by atoms with Crippen LogP contribution < -0.4 is 5.32 Å². The summed E-state index contributed by atoms with van der Waals surface area (Å²) in [5.41, 5.74) is 0.966. The second-order valence-corrected chi connectivity index (χ2v) is 6.91. The number of halogens is 2. The standard InChI is InChI=1S/C11H11BrClNOS2/c12-9-3-8(17-11(9)13)4-14-5-10(15)7-1-2-16-6-7/h1-3,6,10,14-15H,4-5H2. The van der Waals surface area contributed by atoms with Crippen molar-refractivity contribution < 1.29 is 5.11 Å². The van der Waals surface area contributed by atoms with Gasteiger partial charge in [0.25, 0.3) is 0 Å². The molecule has 2 rings (SSSR count). The quantitative estimate of drug-likeness (QED) is 0.851. The van der Waals surface area contributed by atoms with E-state index in [1.165, 1.54) is 11.3 Å². The smallest absolute Gasteiger partial charge is 0.107 e. The van der Waals surface area contributed by atoms with Crippen LogP contribution in [0, 0.1) is 0 Å². The molecule has 2 aromatic rings. The van der Waals surface area contributed by atoms with Crippen LogP contribution in [0.25, 0.3) is 0 Å². The highest BCUT2D eigenvalue weighted by molar-refractivity contribution is 9.10. The average molecular weight is 353 g/mol. The summed E-state index contributed by atoms with van der Waals surface area (Å²) in [6.45, 7) is 1.26. The van der Waals surface area contributed by atoms with E-state index in [4.69, 9.17) is 11.6 Å². The Kier molecular flexibility index (Phi) is 5.02. The maximum absolute atomic E-state index is 9.86. The van der Waals surface area contributed by atoms with Gasteiger partial charge < -0.3 is 10.4 Å². The van der Waals surface area contributed by atoms with E-state index in [0.29, 0.717) is 6.54 Å². The van der Waals surface area contributed by atoms with Crippen LogP contribution in [0.2, 0.25) is 4.34 Å². The molecule has 17 heavy (non-hydrogen) atoms. The molecular formula is C11H11BrClNOS2. The lowest BCUT2D eigenvalue weighted by Crippen LogP contribution is -2.20. The summed E-state index contributed by atoms with van der Waals surface area (Å²) >= 11 is 12.5. The number of aliphatic hydroxyl groups is 1. The lowest BCUT2D eigenvalue weighted by molar-refractivity contribution is 0.175. The Morgan fingerprint density at radius 1 is 1.53 bits per heavy atom. The topological polar surface area (TPSA) is 32.3 Å². The largest absolute Gasteiger partial charge is 0.387 e. The monoisotopic (exact) mass is 351 g/mol. The van der Waals surface area contributed by atoms with Gasteiger partial charge in [0.2, 0.25) is 0 Å². The van der Waals surface area contributed by atoms with Gasteiger partial charge in [-0.05, 0) is 44.4 Å². The first kappa shape index (κ1) is 13.5. The first-order valence-electron chi connectivity index (χ1n) is 5.01. The third-order valence-corrected chi connectivity index (χ3v) is 5.44. The molecule has 92 valence electrons. The molecule has 0 saturated carbocycles. The van der Waals surface area contributed by atoms with E-state index >= 15 is 0 Å². The fourth-order valence-corrected chi connectivity index (χ4v) is 3.86. The van der Waals surface area contributed by atoms with Crippen LogP contribution in [0.5, 0.6) is 0 Å². The van der Waals surface area contributed by atoms with Gasteiger partial charge in [-0.25, -0.2) is 0 Å². The Bertz CT molecular complexity index is 452. The molecule has 2 N–H and O–H groups in total. The molecule has 0 fully saturated rings. The fraction of sp³-hybridized carbons (Fsp3) is 0.273. The molecule has 0 aliphatic heterocycles. The molecule has 0 aliphatic carbocycles. The Labute approximate surface area is 121 Å². The van der Waals surface area contributed by atoms with Crippen LogP contribution in [0.3, 0.4) is 0 Å². The second-order valence-electron chi connectivity index (χ2n) is 3.54. The summed E-state index contributed by atoms with van der Waals surface area (Å²) in [5.74, 6) is 0. The lowest BCUT2D eigenvalue weighted by Gasteiger charge is -2.09. The highest BCUT2D eigenvalue weighted by Gasteiger charge is 2.08.